The summed E-state index contributed by atoms with van der Waals surface area (Å²) < 4.78 is 2.34. The Kier molecular flexibility index (Phi) is 6.58. The maximum absolute atomic E-state index is 10.9. The van der Waals surface area contributed by atoms with Crippen LogP contribution in [0.5, 0.6) is 5.88 Å². The zero-order chi connectivity index (χ0) is 26.1. The third-order valence-electron chi connectivity index (χ3n) is 7.46. The molecule has 0 spiro atoms. The SMILES string of the molecule is Cc1ccc(CN2CCN(C)CC2)n1-c1ccc(N=C(c2ccccc2)c2c(O)[nH]c3ccccc23)cc1. The van der Waals surface area contributed by atoms with Gasteiger partial charge in [-0.25, -0.2) is 4.99 Å². The topological polar surface area (TPSA) is 59.8 Å². The van der Waals surface area contributed by atoms with Crippen LogP contribution in [-0.2, 0) is 6.54 Å². The number of nitrogens with zero attached hydrogens (tertiary/aromatic N) is 4. The van der Waals surface area contributed by atoms with Crippen LogP contribution in [0.3, 0.4) is 0 Å². The van der Waals surface area contributed by atoms with Crippen LogP contribution in [0, 0.1) is 6.92 Å². The van der Waals surface area contributed by atoms with E-state index in [4.69, 9.17) is 4.99 Å². The molecule has 5 aromatic rings. The summed E-state index contributed by atoms with van der Waals surface area (Å²) in [6, 6.07) is 30.8. The van der Waals surface area contributed by atoms with E-state index in [1.807, 2.05) is 54.6 Å². The highest BCUT2D eigenvalue weighted by Gasteiger charge is 2.19. The van der Waals surface area contributed by atoms with Gasteiger partial charge in [-0.1, -0.05) is 48.5 Å². The van der Waals surface area contributed by atoms with Crippen molar-refractivity contribution in [1.82, 2.24) is 19.4 Å². The molecule has 3 aromatic carbocycles. The van der Waals surface area contributed by atoms with Crippen LogP contribution >= 0.6 is 0 Å². The summed E-state index contributed by atoms with van der Waals surface area (Å²) in [6.45, 7) is 7.52. The standard InChI is InChI=1S/C32H33N5O/c1-23-12-15-27(22-36-20-18-35(2)19-21-36)37(23)26-16-13-25(14-17-26)33-31(24-8-4-3-5-9-24)30-28-10-6-7-11-29(28)34-32(30)38/h3-17,34,38H,18-22H2,1-2H3. The van der Waals surface area contributed by atoms with Crippen molar-refractivity contribution < 1.29 is 5.11 Å². The summed E-state index contributed by atoms with van der Waals surface area (Å²) in [5, 5.41) is 11.8. The van der Waals surface area contributed by atoms with Crippen molar-refractivity contribution in [3.05, 3.63) is 114 Å². The number of aromatic hydroxyl groups is 1. The average molecular weight is 504 g/mol. The Morgan fingerprint density at radius 2 is 1.55 bits per heavy atom. The van der Waals surface area contributed by atoms with E-state index in [-0.39, 0.29) is 5.88 Å². The van der Waals surface area contributed by atoms with Gasteiger partial charge in [-0.15, -0.1) is 0 Å². The van der Waals surface area contributed by atoms with Crippen LogP contribution in [0.15, 0.2) is 96.0 Å². The summed E-state index contributed by atoms with van der Waals surface area (Å²) in [6.07, 6.45) is 0. The highest BCUT2D eigenvalue weighted by Crippen LogP contribution is 2.32. The number of aromatic nitrogens is 2. The largest absolute Gasteiger partial charge is 0.494 e. The van der Waals surface area contributed by atoms with E-state index >= 15 is 0 Å². The number of hydrogen-bond donors (Lipinski definition) is 2. The van der Waals surface area contributed by atoms with Gasteiger partial charge >= 0.3 is 0 Å². The third kappa shape index (κ3) is 4.76. The quantitative estimate of drug-likeness (QED) is 0.284. The molecule has 1 fully saturated rings. The number of benzene rings is 3. The Bertz CT molecular complexity index is 1570. The Morgan fingerprint density at radius 1 is 0.842 bits per heavy atom. The second-order valence-corrected chi connectivity index (χ2v) is 10.1. The van der Waals surface area contributed by atoms with E-state index in [0.29, 0.717) is 5.56 Å². The number of fused-ring (bicyclic) bond motifs is 1. The number of piperazine rings is 1. The number of aryl methyl sites for hydroxylation is 1. The van der Waals surface area contributed by atoms with Crippen molar-refractivity contribution in [2.75, 3.05) is 33.2 Å². The summed E-state index contributed by atoms with van der Waals surface area (Å²) in [4.78, 5) is 13.1. The molecule has 6 nitrogen and oxygen atoms in total. The molecule has 0 radical (unpaired) electrons. The predicted octanol–water partition coefficient (Wildman–Crippen LogP) is 5.89. The number of aliphatic imine (C=N–C) groups is 1. The molecule has 192 valence electrons. The summed E-state index contributed by atoms with van der Waals surface area (Å²) in [5.74, 6) is 0.127. The lowest BCUT2D eigenvalue weighted by atomic mass is 10.0. The van der Waals surface area contributed by atoms with Crippen LogP contribution < -0.4 is 0 Å². The average Bonchev–Trinajstić information content (AvgIpc) is 3.47. The van der Waals surface area contributed by atoms with Gasteiger partial charge in [-0.2, -0.15) is 0 Å². The number of para-hydroxylation sites is 1. The van der Waals surface area contributed by atoms with E-state index in [1.54, 1.807) is 0 Å². The van der Waals surface area contributed by atoms with Crippen molar-refractivity contribution in [2.24, 2.45) is 4.99 Å². The Hall–Kier alpha value is -4.13. The fraction of sp³-hybridized carbons (Fsp3) is 0.219. The van der Waals surface area contributed by atoms with E-state index in [1.165, 1.54) is 11.4 Å². The highest BCUT2D eigenvalue weighted by atomic mass is 16.3. The lowest BCUT2D eigenvalue weighted by molar-refractivity contribution is 0.146. The fourth-order valence-corrected chi connectivity index (χ4v) is 5.35. The van der Waals surface area contributed by atoms with Gasteiger partial charge in [0.05, 0.1) is 17.0 Å². The van der Waals surface area contributed by atoms with Gasteiger partial charge < -0.3 is 19.6 Å². The molecule has 0 atom stereocenters. The summed E-state index contributed by atoms with van der Waals surface area (Å²) in [5.41, 5.74) is 7.78. The molecule has 3 heterocycles. The van der Waals surface area contributed by atoms with Gasteiger partial charge in [-0.3, -0.25) is 4.90 Å². The van der Waals surface area contributed by atoms with E-state index in [0.717, 1.165) is 66.3 Å². The number of nitrogens with one attached hydrogen (secondary N) is 1. The lowest BCUT2D eigenvalue weighted by Gasteiger charge is -2.32. The van der Waals surface area contributed by atoms with Crippen LogP contribution in [-0.4, -0.2) is 63.4 Å². The maximum Gasteiger partial charge on any atom is 0.199 e. The first kappa shape index (κ1) is 24.2. The van der Waals surface area contributed by atoms with E-state index in [9.17, 15) is 5.11 Å². The van der Waals surface area contributed by atoms with Crippen molar-refractivity contribution in [3.8, 4) is 11.6 Å². The van der Waals surface area contributed by atoms with Crippen molar-refractivity contribution in [3.63, 3.8) is 0 Å². The van der Waals surface area contributed by atoms with Crippen molar-refractivity contribution in [2.45, 2.75) is 13.5 Å². The molecule has 0 aliphatic carbocycles. The first-order chi connectivity index (χ1) is 18.6. The van der Waals surface area contributed by atoms with E-state index in [2.05, 4.69) is 69.7 Å². The maximum atomic E-state index is 10.9. The van der Waals surface area contributed by atoms with E-state index < -0.39 is 0 Å². The van der Waals surface area contributed by atoms with Crippen molar-refractivity contribution >= 4 is 22.3 Å². The lowest BCUT2D eigenvalue weighted by Crippen LogP contribution is -2.44. The smallest absolute Gasteiger partial charge is 0.199 e. The number of rotatable bonds is 6. The summed E-state index contributed by atoms with van der Waals surface area (Å²) >= 11 is 0. The number of likely N-dealkylation sites (N-methyl/N-ethyl adjacent to an activating group) is 1. The first-order valence-electron chi connectivity index (χ1n) is 13.2. The van der Waals surface area contributed by atoms with Gasteiger partial charge in [-0.05, 0) is 56.4 Å². The van der Waals surface area contributed by atoms with Crippen LogP contribution in [0.2, 0.25) is 0 Å². The first-order valence-corrected chi connectivity index (χ1v) is 13.2. The zero-order valence-electron chi connectivity index (χ0n) is 21.9. The Balaban J connectivity index is 1.35. The molecular formula is C32H33N5O. The van der Waals surface area contributed by atoms with Crippen LogP contribution in [0.25, 0.3) is 16.6 Å². The molecule has 1 aliphatic rings. The normalized spacial score (nSPS) is 15.4. The molecule has 2 aromatic heterocycles. The zero-order valence-corrected chi connectivity index (χ0v) is 21.9. The Morgan fingerprint density at radius 3 is 2.32 bits per heavy atom. The van der Waals surface area contributed by atoms with Gasteiger partial charge in [0.1, 0.15) is 0 Å². The second-order valence-electron chi connectivity index (χ2n) is 10.1. The van der Waals surface area contributed by atoms with Crippen LogP contribution in [0.4, 0.5) is 5.69 Å². The number of hydrogen-bond acceptors (Lipinski definition) is 4. The number of aromatic amines is 1. The second kappa shape index (κ2) is 10.3. The number of H-pyrrole nitrogens is 1. The molecule has 38 heavy (non-hydrogen) atoms. The molecule has 0 saturated carbocycles. The minimum absolute atomic E-state index is 0.127. The molecule has 1 aliphatic heterocycles. The molecule has 2 N–H and O–H groups in total. The molecular weight excluding hydrogens is 470 g/mol. The minimum Gasteiger partial charge on any atom is -0.494 e. The van der Waals surface area contributed by atoms with Crippen molar-refractivity contribution in [1.29, 1.82) is 0 Å². The minimum atomic E-state index is 0.127. The molecule has 0 unspecified atom stereocenters. The van der Waals surface area contributed by atoms with Crippen LogP contribution in [0.1, 0.15) is 22.5 Å². The molecule has 6 heteroatoms. The van der Waals surface area contributed by atoms with Gasteiger partial charge in [0.25, 0.3) is 0 Å². The molecule has 0 bridgehead atoms. The monoisotopic (exact) mass is 503 g/mol. The molecule has 6 rings (SSSR count). The fourth-order valence-electron chi connectivity index (χ4n) is 5.35. The predicted molar refractivity (Wildman–Crippen MR) is 155 cm³/mol. The highest BCUT2D eigenvalue weighted by molar-refractivity contribution is 6.21. The summed E-state index contributed by atoms with van der Waals surface area (Å²) in [7, 11) is 2.19. The van der Waals surface area contributed by atoms with Gasteiger partial charge in [0, 0.05) is 66.3 Å². The van der Waals surface area contributed by atoms with Gasteiger partial charge in [0.2, 0.25) is 0 Å². The molecule has 0 amide bonds. The van der Waals surface area contributed by atoms with Gasteiger partial charge in [0.15, 0.2) is 5.88 Å². The Labute approximate surface area is 223 Å². The third-order valence-corrected chi connectivity index (χ3v) is 7.46. The molecule has 1 saturated heterocycles.